The van der Waals surface area contributed by atoms with Gasteiger partial charge in [-0.3, -0.25) is 9.59 Å². The van der Waals surface area contributed by atoms with Gasteiger partial charge in [-0.2, -0.15) is 0 Å². The third-order valence-electron chi connectivity index (χ3n) is 7.82. The molecule has 0 heterocycles. The van der Waals surface area contributed by atoms with Crippen molar-refractivity contribution in [3.8, 4) is 0 Å². The van der Waals surface area contributed by atoms with Crippen LogP contribution >= 0.6 is 0 Å². The fourth-order valence-corrected chi connectivity index (χ4v) is 6.39. The largest absolute Gasteiger partial charge is 0.469 e. The highest BCUT2D eigenvalue weighted by molar-refractivity contribution is 5.92. The standard InChI is InChI=1S/C21H28O3/c1-20-10-8-14(22)12-13(20)4-5-15-16-6-7-18(19(23)24-3)21(16,2)11-9-17(15)20/h9,12,15-16,18H,4-8,10-11H2,1-3H3/t15-,16-,18+,20-,21-/m0/s1. The van der Waals surface area contributed by atoms with E-state index in [0.717, 1.165) is 38.5 Å². The number of hydrogen-bond donors (Lipinski definition) is 0. The van der Waals surface area contributed by atoms with Crippen LogP contribution in [0.5, 0.6) is 0 Å². The van der Waals surface area contributed by atoms with Crippen LogP contribution in [0.1, 0.15) is 58.8 Å². The third-order valence-corrected chi connectivity index (χ3v) is 7.82. The molecule has 0 spiro atoms. The molecule has 130 valence electrons. The zero-order valence-electron chi connectivity index (χ0n) is 15.1. The van der Waals surface area contributed by atoms with Crippen molar-refractivity contribution in [3.05, 3.63) is 23.3 Å². The van der Waals surface area contributed by atoms with Crippen LogP contribution in [0.2, 0.25) is 0 Å². The molecule has 24 heavy (non-hydrogen) atoms. The number of fused-ring (bicyclic) bond motifs is 5. The topological polar surface area (TPSA) is 43.4 Å². The minimum atomic E-state index is -0.0253. The van der Waals surface area contributed by atoms with Crippen molar-refractivity contribution in [2.45, 2.75) is 58.8 Å². The van der Waals surface area contributed by atoms with E-state index in [1.165, 1.54) is 12.7 Å². The van der Waals surface area contributed by atoms with E-state index in [-0.39, 0.29) is 22.7 Å². The summed E-state index contributed by atoms with van der Waals surface area (Å²) in [7, 11) is 1.51. The van der Waals surface area contributed by atoms with Crippen molar-refractivity contribution in [2.75, 3.05) is 7.11 Å². The van der Waals surface area contributed by atoms with E-state index < -0.39 is 0 Å². The quantitative estimate of drug-likeness (QED) is 0.534. The average Bonchev–Trinajstić information content (AvgIpc) is 2.92. The summed E-state index contributed by atoms with van der Waals surface area (Å²) in [6.45, 7) is 4.65. The number of esters is 1. The molecule has 2 fully saturated rings. The van der Waals surface area contributed by atoms with Crippen molar-refractivity contribution in [2.24, 2.45) is 28.6 Å². The maximum Gasteiger partial charge on any atom is 0.309 e. The Bertz CT molecular complexity index is 658. The molecule has 3 nitrogen and oxygen atoms in total. The molecule has 0 saturated heterocycles. The van der Waals surface area contributed by atoms with Crippen LogP contribution in [0.4, 0.5) is 0 Å². The fourth-order valence-electron chi connectivity index (χ4n) is 6.39. The molecule has 0 aromatic heterocycles. The van der Waals surface area contributed by atoms with Gasteiger partial charge in [0.1, 0.15) is 0 Å². The van der Waals surface area contributed by atoms with Gasteiger partial charge in [-0.1, -0.05) is 31.1 Å². The molecule has 5 atom stereocenters. The Morgan fingerprint density at radius 2 is 2.00 bits per heavy atom. The number of carbonyl (C=O) groups is 2. The fraction of sp³-hybridized carbons (Fsp3) is 0.714. The first-order valence-corrected chi connectivity index (χ1v) is 9.42. The normalized spacial score (nSPS) is 44.0. The highest BCUT2D eigenvalue weighted by atomic mass is 16.5. The maximum atomic E-state index is 12.3. The Morgan fingerprint density at radius 3 is 2.75 bits per heavy atom. The lowest BCUT2D eigenvalue weighted by molar-refractivity contribution is -0.150. The lowest BCUT2D eigenvalue weighted by Crippen LogP contribution is -2.45. The van der Waals surface area contributed by atoms with Crippen LogP contribution in [0.3, 0.4) is 0 Å². The first kappa shape index (κ1) is 16.1. The molecular weight excluding hydrogens is 300 g/mol. The van der Waals surface area contributed by atoms with Crippen LogP contribution in [0.15, 0.2) is 23.3 Å². The molecule has 4 aliphatic carbocycles. The van der Waals surface area contributed by atoms with Gasteiger partial charge in [0.2, 0.25) is 0 Å². The van der Waals surface area contributed by atoms with Gasteiger partial charge in [-0.05, 0) is 61.9 Å². The second kappa shape index (κ2) is 5.31. The van der Waals surface area contributed by atoms with Crippen molar-refractivity contribution >= 4 is 11.8 Å². The molecule has 3 heteroatoms. The Labute approximate surface area is 144 Å². The maximum absolute atomic E-state index is 12.3. The molecule has 0 radical (unpaired) electrons. The second-order valence-electron chi connectivity index (χ2n) is 8.74. The number of allylic oxidation sites excluding steroid dienone is 4. The van der Waals surface area contributed by atoms with E-state index in [9.17, 15) is 9.59 Å². The van der Waals surface area contributed by atoms with Crippen LogP contribution in [-0.4, -0.2) is 18.9 Å². The molecular formula is C21H28O3. The molecule has 2 saturated carbocycles. The van der Waals surface area contributed by atoms with Crippen molar-refractivity contribution in [3.63, 3.8) is 0 Å². The number of ether oxygens (including phenoxy) is 1. The van der Waals surface area contributed by atoms with Crippen molar-refractivity contribution < 1.29 is 14.3 Å². The van der Waals surface area contributed by atoms with E-state index in [1.807, 2.05) is 6.08 Å². The summed E-state index contributed by atoms with van der Waals surface area (Å²) in [6, 6.07) is 0. The number of carbonyl (C=O) groups excluding carboxylic acids is 2. The van der Waals surface area contributed by atoms with Gasteiger partial charge < -0.3 is 4.74 Å². The molecule has 0 unspecified atom stereocenters. The zero-order chi connectivity index (χ0) is 17.1. The predicted molar refractivity (Wildman–Crippen MR) is 92.2 cm³/mol. The first-order chi connectivity index (χ1) is 11.4. The van der Waals surface area contributed by atoms with Crippen LogP contribution < -0.4 is 0 Å². The molecule has 0 amide bonds. The Morgan fingerprint density at radius 1 is 1.21 bits per heavy atom. The summed E-state index contributed by atoms with van der Waals surface area (Å²) in [5, 5.41) is 0. The third kappa shape index (κ3) is 2.02. The van der Waals surface area contributed by atoms with Crippen molar-refractivity contribution in [1.29, 1.82) is 0 Å². The van der Waals surface area contributed by atoms with Crippen molar-refractivity contribution in [1.82, 2.24) is 0 Å². The first-order valence-electron chi connectivity index (χ1n) is 9.42. The highest BCUT2D eigenvalue weighted by Crippen LogP contribution is 2.64. The molecule has 4 rings (SSSR count). The van der Waals surface area contributed by atoms with Gasteiger partial charge in [-0.25, -0.2) is 0 Å². The molecule has 0 aromatic rings. The monoisotopic (exact) mass is 328 g/mol. The van der Waals surface area contributed by atoms with Crippen LogP contribution in [0, 0.1) is 28.6 Å². The predicted octanol–water partition coefficient (Wildman–Crippen LogP) is 4.23. The minimum Gasteiger partial charge on any atom is -0.469 e. The van der Waals surface area contributed by atoms with E-state index in [0.29, 0.717) is 24.0 Å². The summed E-state index contributed by atoms with van der Waals surface area (Å²) in [4.78, 5) is 24.1. The molecule has 4 aliphatic rings. The lowest BCUT2D eigenvalue weighted by atomic mass is 9.51. The van der Waals surface area contributed by atoms with Gasteiger partial charge in [0.25, 0.3) is 0 Å². The summed E-state index contributed by atoms with van der Waals surface area (Å²) in [5.74, 6) is 1.48. The average molecular weight is 328 g/mol. The zero-order valence-corrected chi connectivity index (χ0v) is 15.1. The van der Waals surface area contributed by atoms with Crippen LogP contribution in [0.25, 0.3) is 0 Å². The van der Waals surface area contributed by atoms with E-state index in [1.54, 1.807) is 5.57 Å². The number of methoxy groups -OCH3 is 1. The van der Waals surface area contributed by atoms with Gasteiger partial charge in [0, 0.05) is 11.8 Å². The van der Waals surface area contributed by atoms with Gasteiger partial charge in [-0.15, -0.1) is 0 Å². The molecule has 0 bridgehead atoms. The van der Waals surface area contributed by atoms with Gasteiger partial charge in [0.05, 0.1) is 13.0 Å². The summed E-state index contributed by atoms with van der Waals surface area (Å²) in [6.07, 6.45) is 11.2. The Balaban J connectivity index is 1.72. The Kier molecular flexibility index (Phi) is 3.56. The number of hydrogen-bond acceptors (Lipinski definition) is 3. The molecule has 0 aliphatic heterocycles. The van der Waals surface area contributed by atoms with E-state index in [2.05, 4.69) is 19.9 Å². The van der Waals surface area contributed by atoms with Gasteiger partial charge >= 0.3 is 5.97 Å². The minimum absolute atomic E-state index is 0.0253. The lowest BCUT2D eigenvalue weighted by Gasteiger charge is -2.53. The van der Waals surface area contributed by atoms with Crippen LogP contribution in [-0.2, 0) is 14.3 Å². The second-order valence-corrected chi connectivity index (χ2v) is 8.74. The smallest absolute Gasteiger partial charge is 0.309 e. The number of rotatable bonds is 1. The molecule has 0 N–H and O–H groups in total. The Hall–Kier alpha value is -1.38. The highest BCUT2D eigenvalue weighted by Gasteiger charge is 2.57. The molecule has 0 aromatic carbocycles. The van der Waals surface area contributed by atoms with E-state index >= 15 is 0 Å². The van der Waals surface area contributed by atoms with Gasteiger partial charge in [0.15, 0.2) is 5.78 Å². The van der Waals surface area contributed by atoms with E-state index in [4.69, 9.17) is 4.74 Å². The summed E-state index contributed by atoms with van der Waals surface area (Å²) < 4.78 is 5.10. The number of ketones is 1. The summed E-state index contributed by atoms with van der Waals surface area (Å²) in [5.41, 5.74) is 3.05. The summed E-state index contributed by atoms with van der Waals surface area (Å²) >= 11 is 0. The SMILES string of the molecule is COC(=O)[C@H]1CC[C@H]2[C@@H]3CCC4=CC(=O)CC[C@]4(C)C3=CC[C@]12C.